The third-order valence-electron chi connectivity index (χ3n) is 12.2. The van der Waals surface area contributed by atoms with E-state index in [0.717, 1.165) is 44.9 Å². The Morgan fingerprint density at radius 1 is 0.383 bits per heavy atom. The average Bonchev–Trinajstić information content (AvgIpc) is 3.25. The van der Waals surface area contributed by atoms with E-state index in [-0.39, 0.29) is 12.5 Å². The van der Waals surface area contributed by atoms with Crippen LogP contribution in [0.3, 0.4) is 0 Å². The highest BCUT2D eigenvalue weighted by Gasteiger charge is 2.17. The summed E-state index contributed by atoms with van der Waals surface area (Å²) in [6, 6.07) is -0.643. The zero-order valence-corrected chi connectivity index (χ0v) is 40.5. The molecule has 352 valence electrons. The fourth-order valence-corrected chi connectivity index (χ4v) is 8.16. The fraction of sp³-hybridized carbons (Fsp3) is 0.839. The van der Waals surface area contributed by atoms with Crippen molar-refractivity contribution in [2.24, 2.45) is 0 Å². The Morgan fingerprint density at radius 3 is 1.03 bits per heavy atom. The molecule has 0 aromatic heterocycles. The number of carbonyl (C=O) groups excluding carboxylic acids is 1. The summed E-state index contributed by atoms with van der Waals surface area (Å²) in [4.78, 5) is 12.4. The molecule has 0 aromatic rings. The first-order valence-electron chi connectivity index (χ1n) is 26.9. The number of unbranched alkanes of at least 4 members (excludes halogenated alkanes) is 36. The molecule has 3 N–H and O–H groups in total. The lowest BCUT2D eigenvalue weighted by atomic mass is 10.0. The van der Waals surface area contributed by atoms with Crippen molar-refractivity contribution < 1.29 is 15.0 Å². The van der Waals surface area contributed by atoms with Crippen molar-refractivity contribution in [2.75, 3.05) is 6.61 Å². The van der Waals surface area contributed by atoms with Crippen LogP contribution < -0.4 is 5.32 Å². The highest BCUT2D eigenvalue weighted by Crippen LogP contribution is 2.17. The van der Waals surface area contributed by atoms with Gasteiger partial charge in [-0.15, -0.1) is 0 Å². The van der Waals surface area contributed by atoms with E-state index in [9.17, 15) is 15.0 Å². The Bertz CT molecular complexity index is 954. The summed E-state index contributed by atoms with van der Waals surface area (Å²) in [6.45, 7) is 4.23. The van der Waals surface area contributed by atoms with Gasteiger partial charge in [0.2, 0.25) is 5.91 Å². The molecule has 0 rings (SSSR count). The van der Waals surface area contributed by atoms with E-state index in [0.29, 0.717) is 6.42 Å². The maximum atomic E-state index is 12.4. The maximum absolute atomic E-state index is 12.4. The smallest absolute Gasteiger partial charge is 0.220 e. The number of carbonyl (C=O) groups is 1. The summed E-state index contributed by atoms with van der Waals surface area (Å²) in [5.74, 6) is -0.0764. The Balaban J connectivity index is 3.38. The highest BCUT2D eigenvalue weighted by molar-refractivity contribution is 5.76. The highest BCUT2D eigenvalue weighted by atomic mass is 16.3. The third kappa shape index (κ3) is 47.4. The zero-order valence-electron chi connectivity index (χ0n) is 40.5. The van der Waals surface area contributed by atoms with Crippen LogP contribution in [0.15, 0.2) is 48.6 Å². The van der Waals surface area contributed by atoms with Gasteiger partial charge in [0.15, 0.2) is 0 Å². The molecule has 0 heterocycles. The van der Waals surface area contributed by atoms with Gasteiger partial charge in [-0.25, -0.2) is 0 Å². The number of amides is 1. The molecule has 0 bridgehead atoms. The van der Waals surface area contributed by atoms with Gasteiger partial charge in [-0.05, 0) is 64.2 Å². The van der Waals surface area contributed by atoms with E-state index in [1.165, 1.54) is 218 Å². The summed E-state index contributed by atoms with van der Waals surface area (Å²) in [5, 5.41) is 22.9. The first-order chi connectivity index (χ1) is 29.7. The second-order valence-electron chi connectivity index (χ2n) is 18.3. The van der Waals surface area contributed by atoms with Crippen LogP contribution >= 0.6 is 0 Å². The lowest BCUT2D eigenvalue weighted by molar-refractivity contribution is -0.123. The Kier molecular flexibility index (Phi) is 50.3. The van der Waals surface area contributed by atoms with Crippen LogP contribution in [0.5, 0.6) is 0 Å². The van der Waals surface area contributed by atoms with E-state index in [4.69, 9.17) is 0 Å². The van der Waals surface area contributed by atoms with Crippen molar-refractivity contribution in [3.05, 3.63) is 48.6 Å². The van der Waals surface area contributed by atoms with E-state index in [2.05, 4.69) is 55.6 Å². The number of hydrogen-bond donors (Lipinski definition) is 3. The quantitative estimate of drug-likeness (QED) is 0.0422. The lowest BCUT2D eigenvalue weighted by Gasteiger charge is -2.19. The number of allylic oxidation sites excluding steroid dienone is 7. The van der Waals surface area contributed by atoms with Crippen molar-refractivity contribution in [1.29, 1.82) is 0 Å². The second-order valence-corrected chi connectivity index (χ2v) is 18.3. The van der Waals surface area contributed by atoms with Gasteiger partial charge in [-0.3, -0.25) is 4.79 Å². The molecule has 0 saturated carbocycles. The van der Waals surface area contributed by atoms with Gasteiger partial charge < -0.3 is 15.5 Å². The minimum Gasteiger partial charge on any atom is -0.394 e. The molecule has 4 nitrogen and oxygen atoms in total. The molecule has 0 fully saturated rings. The van der Waals surface area contributed by atoms with E-state index in [1.807, 2.05) is 6.08 Å². The van der Waals surface area contributed by atoms with Gasteiger partial charge >= 0.3 is 0 Å². The van der Waals surface area contributed by atoms with Crippen LogP contribution in [-0.4, -0.2) is 34.9 Å². The average molecular weight is 840 g/mol. The number of rotatable bonds is 49. The Labute approximate surface area is 375 Å². The number of hydrogen-bond acceptors (Lipinski definition) is 3. The molecular formula is C56H105NO3. The van der Waals surface area contributed by atoms with Gasteiger partial charge in [-0.2, -0.15) is 0 Å². The Morgan fingerprint density at radius 2 is 0.683 bits per heavy atom. The molecule has 0 aliphatic carbocycles. The molecule has 4 heteroatoms. The summed E-state index contributed by atoms with van der Waals surface area (Å²) >= 11 is 0. The van der Waals surface area contributed by atoms with Gasteiger partial charge in [0.1, 0.15) is 0 Å². The first kappa shape index (κ1) is 58.4. The molecule has 0 spiro atoms. The summed E-state index contributed by atoms with van der Waals surface area (Å²) in [5.41, 5.74) is 0. The van der Waals surface area contributed by atoms with Crippen molar-refractivity contribution in [3.8, 4) is 0 Å². The topological polar surface area (TPSA) is 69.6 Å². The standard InChI is InChI=1S/C56H105NO3/c1-3-5-7-9-11-13-15-16-17-18-19-20-21-22-23-24-25-26-27-28-29-30-31-32-33-34-35-36-37-38-39-40-42-44-46-48-50-52-56(60)57-54(53-58)55(59)51-49-47-45-43-41-14-12-10-8-6-4-2/h8,10,18-19,41,43,49,51,54-55,58-59H,3-7,9,11-17,20-40,42,44-48,50,52-53H2,1-2H3,(H,57,60)/b10-8+,19-18-,43-41+,51-49+. The monoisotopic (exact) mass is 840 g/mol. The van der Waals surface area contributed by atoms with Crippen LogP contribution in [0.2, 0.25) is 0 Å². The molecular weight excluding hydrogens is 735 g/mol. The SMILES string of the molecule is CCC/C=C/CC/C=C/CC/C=C/C(O)C(CO)NC(=O)CCCCCCCCCCCCCCCCCCCCCCCCCCC/C=C\CCCCCCCCCC. The van der Waals surface area contributed by atoms with Crippen LogP contribution in [0.4, 0.5) is 0 Å². The predicted octanol–water partition coefficient (Wildman–Crippen LogP) is 17.5. The Hall–Kier alpha value is -1.65. The molecule has 0 radical (unpaired) electrons. The minimum atomic E-state index is -0.867. The second kappa shape index (κ2) is 51.7. The first-order valence-corrected chi connectivity index (χ1v) is 26.9. The van der Waals surface area contributed by atoms with Crippen LogP contribution in [0.1, 0.15) is 284 Å². The molecule has 2 atom stereocenters. The molecule has 2 unspecified atom stereocenters. The lowest BCUT2D eigenvalue weighted by Crippen LogP contribution is -2.45. The van der Waals surface area contributed by atoms with Gasteiger partial charge in [-0.1, -0.05) is 262 Å². The molecule has 0 saturated heterocycles. The predicted molar refractivity (Wildman–Crippen MR) is 267 cm³/mol. The number of aliphatic hydroxyl groups excluding tert-OH is 2. The van der Waals surface area contributed by atoms with E-state index < -0.39 is 12.1 Å². The number of nitrogens with one attached hydrogen (secondary N) is 1. The van der Waals surface area contributed by atoms with Gasteiger partial charge in [0.25, 0.3) is 0 Å². The largest absolute Gasteiger partial charge is 0.394 e. The molecule has 60 heavy (non-hydrogen) atoms. The minimum absolute atomic E-state index is 0.0764. The summed E-state index contributed by atoms with van der Waals surface area (Å²) in [7, 11) is 0. The van der Waals surface area contributed by atoms with E-state index in [1.54, 1.807) is 6.08 Å². The van der Waals surface area contributed by atoms with Gasteiger partial charge in [0, 0.05) is 6.42 Å². The molecule has 0 aliphatic heterocycles. The van der Waals surface area contributed by atoms with Crippen molar-refractivity contribution in [1.82, 2.24) is 5.32 Å². The normalized spacial score (nSPS) is 13.2. The van der Waals surface area contributed by atoms with Crippen molar-refractivity contribution in [2.45, 2.75) is 296 Å². The van der Waals surface area contributed by atoms with Crippen molar-refractivity contribution in [3.63, 3.8) is 0 Å². The summed E-state index contributed by atoms with van der Waals surface area (Å²) < 4.78 is 0. The third-order valence-corrected chi connectivity index (χ3v) is 12.2. The maximum Gasteiger partial charge on any atom is 0.220 e. The van der Waals surface area contributed by atoms with Crippen LogP contribution in [0.25, 0.3) is 0 Å². The van der Waals surface area contributed by atoms with Gasteiger partial charge in [0.05, 0.1) is 18.8 Å². The van der Waals surface area contributed by atoms with Crippen LogP contribution in [-0.2, 0) is 4.79 Å². The van der Waals surface area contributed by atoms with Crippen molar-refractivity contribution >= 4 is 5.91 Å². The zero-order chi connectivity index (χ0) is 43.5. The van der Waals surface area contributed by atoms with Crippen LogP contribution in [0, 0.1) is 0 Å². The molecule has 0 aliphatic rings. The fourth-order valence-electron chi connectivity index (χ4n) is 8.16. The molecule has 1 amide bonds. The van der Waals surface area contributed by atoms with E-state index >= 15 is 0 Å². The summed E-state index contributed by atoms with van der Waals surface area (Å²) in [6.07, 6.45) is 71.5. The number of aliphatic hydroxyl groups is 2. The molecule has 0 aromatic carbocycles.